The number of hydrogen-bond donors (Lipinski definition) is 2. The monoisotopic (exact) mass is 500 g/mol. The Morgan fingerprint density at radius 2 is 1.37 bits per heavy atom. The number of rotatable bonds is 4. The Bertz CT molecular complexity index is 1710. The van der Waals surface area contributed by atoms with E-state index in [9.17, 15) is 15.0 Å². The topological polar surface area (TPSA) is 76.0 Å². The molecule has 0 fully saturated rings. The third kappa shape index (κ3) is 3.23. The van der Waals surface area contributed by atoms with Crippen LogP contribution < -0.4 is 9.47 Å². The highest BCUT2D eigenvalue weighted by Crippen LogP contribution is 2.60. The first-order valence-corrected chi connectivity index (χ1v) is 12.6. The van der Waals surface area contributed by atoms with Crippen LogP contribution in [-0.4, -0.2) is 16.2 Å². The second-order valence-electron chi connectivity index (χ2n) is 9.95. The van der Waals surface area contributed by atoms with Gasteiger partial charge in [0.15, 0.2) is 0 Å². The summed E-state index contributed by atoms with van der Waals surface area (Å²) in [6.45, 7) is 0. The van der Waals surface area contributed by atoms with Crippen molar-refractivity contribution >= 4 is 16.7 Å². The molecule has 186 valence electrons. The molecule has 0 saturated carbocycles. The van der Waals surface area contributed by atoms with Crippen LogP contribution in [0.25, 0.3) is 10.8 Å². The second-order valence-corrected chi connectivity index (χ2v) is 9.95. The van der Waals surface area contributed by atoms with Gasteiger partial charge in [-0.15, -0.1) is 0 Å². The molecule has 0 saturated heterocycles. The summed E-state index contributed by atoms with van der Waals surface area (Å²) in [5.74, 6) is 0.00927. The zero-order valence-electron chi connectivity index (χ0n) is 20.4. The van der Waals surface area contributed by atoms with E-state index in [0.717, 1.165) is 10.8 Å². The standard InChI is InChI=1S/C33H24O5/c34-31(38-30-16-8-10-21-9-4-5-13-24(21)30)29-20-32(35)25-14-6-7-15-26(25)33(29,36)27-18-17-23(19-28(27)32)37-22-11-2-1-3-12-22/h1-19,29,35-36H,20H2. The maximum atomic E-state index is 13.8. The highest BCUT2D eigenvalue weighted by molar-refractivity contribution is 5.91. The van der Waals surface area contributed by atoms with E-state index < -0.39 is 23.1 Å². The first kappa shape index (κ1) is 22.7. The fraction of sp³-hybridized carbons (Fsp3) is 0.121. The molecule has 5 heteroatoms. The summed E-state index contributed by atoms with van der Waals surface area (Å²) in [5, 5.41) is 26.3. The van der Waals surface area contributed by atoms with Crippen molar-refractivity contribution in [1.29, 1.82) is 0 Å². The van der Waals surface area contributed by atoms with E-state index in [1.807, 2.05) is 72.8 Å². The van der Waals surface area contributed by atoms with E-state index in [1.54, 1.807) is 42.5 Å². The third-order valence-electron chi connectivity index (χ3n) is 7.86. The van der Waals surface area contributed by atoms with Crippen LogP contribution >= 0.6 is 0 Å². The summed E-state index contributed by atoms with van der Waals surface area (Å²) in [4.78, 5) is 13.8. The van der Waals surface area contributed by atoms with Gasteiger partial charge in [0, 0.05) is 11.8 Å². The molecule has 0 aromatic heterocycles. The second kappa shape index (κ2) is 8.28. The summed E-state index contributed by atoms with van der Waals surface area (Å²) in [5.41, 5.74) is -1.08. The fourth-order valence-corrected chi connectivity index (χ4v) is 6.11. The lowest BCUT2D eigenvalue weighted by atomic mass is 9.54. The predicted molar refractivity (Wildman–Crippen MR) is 143 cm³/mol. The Hall–Kier alpha value is -4.45. The van der Waals surface area contributed by atoms with Crippen LogP contribution in [0.5, 0.6) is 17.2 Å². The van der Waals surface area contributed by atoms with E-state index in [-0.39, 0.29) is 6.42 Å². The molecule has 3 aliphatic rings. The molecule has 38 heavy (non-hydrogen) atoms. The average Bonchev–Trinajstić information content (AvgIpc) is 2.95. The maximum absolute atomic E-state index is 13.8. The van der Waals surface area contributed by atoms with E-state index in [2.05, 4.69) is 0 Å². The third-order valence-corrected chi connectivity index (χ3v) is 7.86. The molecular weight excluding hydrogens is 476 g/mol. The summed E-state index contributed by atoms with van der Waals surface area (Å²) >= 11 is 0. The Morgan fingerprint density at radius 3 is 2.21 bits per heavy atom. The van der Waals surface area contributed by atoms with E-state index in [4.69, 9.17) is 9.47 Å². The van der Waals surface area contributed by atoms with Gasteiger partial charge in [-0.25, -0.2) is 0 Å². The van der Waals surface area contributed by atoms with Gasteiger partial charge in [-0.05, 0) is 58.0 Å². The minimum absolute atomic E-state index is 0.0219. The Kier molecular flexibility index (Phi) is 4.95. The van der Waals surface area contributed by atoms with Gasteiger partial charge in [0.05, 0.1) is 5.92 Å². The van der Waals surface area contributed by atoms with Gasteiger partial charge in [-0.1, -0.05) is 84.9 Å². The van der Waals surface area contributed by atoms with Crippen LogP contribution in [0.4, 0.5) is 0 Å². The van der Waals surface area contributed by atoms with Gasteiger partial charge in [0.1, 0.15) is 28.5 Å². The minimum Gasteiger partial charge on any atom is -0.457 e. The number of benzene rings is 5. The van der Waals surface area contributed by atoms with E-state index >= 15 is 0 Å². The van der Waals surface area contributed by atoms with Crippen LogP contribution in [0.2, 0.25) is 0 Å². The van der Waals surface area contributed by atoms with Crippen molar-refractivity contribution in [3.8, 4) is 17.2 Å². The SMILES string of the molecule is O=C(Oc1cccc2ccccc12)C1CC2(O)c3ccccc3C1(O)c1ccc(Oc3ccccc3)cc12. The lowest BCUT2D eigenvalue weighted by Gasteiger charge is -2.53. The van der Waals surface area contributed by atoms with Crippen molar-refractivity contribution in [3.05, 3.63) is 138 Å². The van der Waals surface area contributed by atoms with Crippen molar-refractivity contribution in [3.63, 3.8) is 0 Å². The molecule has 0 spiro atoms. The normalized spacial score (nSPS) is 22.9. The number of carbonyl (C=O) groups is 1. The summed E-state index contributed by atoms with van der Waals surface area (Å²) < 4.78 is 12.0. The van der Waals surface area contributed by atoms with E-state index in [0.29, 0.717) is 39.5 Å². The first-order chi connectivity index (χ1) is 18.5. The maximum Gasteiger partial charge on any atom is 0.318 e. The molecule has 0 radical (unpaired) electrons. The molecule has 8 rings (SSSR count). The largest absolute Gasteiger partial charge is 0.457 e. The fourth-order valence-electron chi connectivity index (χ4n) is 6.11. The number of ether oxygens (including phenoxy) is 2. The number of carbonyl (C=O) groups excluding carboxylic acids is 1. The molecule has 5 nitrogen and oxygen atoms in total. The molecule has 0 amide bonds. The quantitative estimate of drug-likeness (QED) is 0.232. The molecule has 3 unspecified atom stereocenters. The van der Waals surface area contributed by atoms with Gasteiger partial charge >= 0.3 is 5.97 Å². The average molecular weight is 501 g/mol. The lowest BCUT2D eigenvalue weighted by molar-refractivity contribution is -0.157. The van der Waals surface area contributed by atoms with Crippen LogP contribution in [0.15, 0.2) is 115 Å². The van der Waals surface area contributed by atoms with Gasteiger partial charge in [0.25, 0.3) is 0 Å². The molecule has 3 aliphatic carbocycles. The Labute approximate surface area is 219 Å². The van der Waals surface area contributed by atoms with Crippen LogP contribution in [0.3, 0.4) is 0 Å². The first-order valence-electron chi connectivity index (χ1n) is 12.6. The summed E-state index contributed by atoms with van der Waals surface area (Å²) in [6, 6.07) is 35.0. The summed E-state index contributed by atoms with van der Waals surface area (Å²) in [6.07, 6.45) is -0.0219. The smallest absolute Gasteiger partial charge is 0.318 e. The Morgan fingerprint density at radius 1 is 0.684 bits per heavy atom. The van der Waals surface area contributed by atoms with Crippen LogP contribution in [0.1, 0.15) is 28.7 Å². The number of hydrogen-bond acceptors (Lipinski definition) is 5. The summed E-state index contributed by atoms with van der Waals surface area (Å²) in [7, 11) is 0. The van der Waals surface area contributed by atoms with Crippen molar-refractivity contribution in [2.24, 2.45) is 5.92 Å². The van der Waals surface area contributed by atoms with Crippen molar-refractivity contribution in [2.45, 2.75) is 17.6 Å². The zero-order chi connectivity index (χ0) is 25.9. The molecule has 2 N–H and O–H groups in total. The lowest BCUT2D eigenvalue weighted by Crippen LogP contribution is -2.57. The number of esters is 1. The minimum atomic E-state index is -1.68. The van der Waals surface area contributed by atoms with Crippen LogP contribution in [-0.2, 0) is 16.0 Å². The highest BCUT2D eigenvalue weighted by atomic mass is 16.5. The number of para-hydroxylation sites is 1. The zero-order valence-corrected chi connectivity index (χ0v) is 20.4. The molecular formula is C33H24O5. The molecule has 0 heterocycles. The number of fused-ring (bicyclic) bond motifs is 2. The van der Waals surface area contributed by atoms with Gasteiger partial charge in [-0.2, -0.15) is 0 Å². The van der Waals surface area contributed by atoms with Gasteiger partial charge < -0.3 is 19.7 Å². The van der Waals surface area contributed by atoms with Crippen molar-refractivity contribution < 1.29 is 24.5 Å². The molecule has 5 aromatic rings. The van der Waals surface area contributed by atoms with E-state index in [1.165, 1.54) is 0 Å². The van der Waals surface area contributed by atoms with Crippen molar-refractivity contribution in [2.75, 3.05) is 0 Å². The molecule has 3 atom stereocenters. The molecule has 0 aliphatic heterocycles. The number of aliphatic hydroxyl groups is 2. The van der Waals surface area contributed by atoms with Gasteiger partial charge in [0.2, 0.25) is 0 Å². The molecule has 5 aromatic carbocycles. The van der Waals surface area contributed by atoms with Gasteiger partial charge in [-0.3, -0.25) is 4.79 Å². The highest BCUT2D eigenvalue weighted by Gasteiger charge is 2.62. The molecule has 2 bridgehead atoms. The Balaban J connectivity index is 1.33. The van der Waals surface area contributed by atoms with Crippen molar-refractivity contribution in [1.82, 2.24) is 0 Å². The van der Waals surface area contributed by atoms with Crippen LogP contribution in [0, 0.1) is 5.92 Å². The predicted octanol–water partition coefficient (Wildman–Crippen LogP) is 6.04.